The summed E-state index contributed by atoms with van der Waals surface area (Å²) >= 11 is 3.44. The Labute approximate surface area is 171 Å². The first-order chi connectivity index (χ1) is 13.6. The second kappa shape index (κ2) is 7.44. The Kier molecular flexibility index (Phi) is 4.84. The van der Waals surface area contributed by atoms with Gasteiger partial charge in [0.25, 0.3) is 11.8 Å². The van der Waals surface area contributed by atoms with Crippen molar-refractivity contribution in [2.45, 2.75) is 6.92 Å². The average molecular weight is 433 g/mol. The van der Waals surface area contributed by atoms with Gasteiger partial charge in [-0.05, 0) is 42.3 Å². The highest BCUT2D eigenvalue weighted by Crippen LogP contribution is 2.35. The molecule has 1 heterocycles. The summed E-state index contributed by atoms with van der Waals surface area (Å²) in [5, 5.41) is 3.17. The molecule has 3 aromatic carbocycles. The van der Waals surface area contributed by atoms with E-state index in [0.29, 0.717) is 16.8 Å². The lowest BCUT2D eigenvalue weighted by Crippen LogP contribution is -2.33. The van der Waals surface area contributed by atoms with E-state index in [-0.39, 0.29) is 17.5 Å². The van der Waals surface area contributed by atoms with Crippen molar-refractivity contribution in [3.05, 3.63) is 100 Å². The molecule has 0 bridgehead atoms. The molecular weight excluding hydrogens is 416 g/mol. The topological polar surface area (TPSA) is 49.4 Å². The van der Waals surface area contributed by atoms with E-state index < -0.39 is 0 Å². The van der Waals surface area contributed by atoms with E-state index in [9.17, 15) is 9.59 Å². The van der Waals surface area contributed by atoms with Crippen LogP contribution in [-0.2, 0) is 9.59 Å². The molecule has 0 saturated carbocycles. The molecule has 2 amide bonds. The first kappa shape index (κ1) is 18.2. The number of rotatable bonds is 4. The van der Waals surface area contributed by atoms with Crippen LogP contribution in [0.15, 0.2) is 89.0 Å². The normalized spacial score (nSPS) is 14.0. The maximum absolute atomic E-state index is 13.3. The molecule has 1 aliphatic heterocycles. The third-order valence-electron chi connectivity index (χ3n) is 4.60. The van der Waals surface area contributed by atoms with E-state index in [0.717, 1.165) is 15.7 Å². The van der Waals surface area contributed by atoms with Gasteiger partial charge in [-0.2, -0.15) is 0 Å². The van der Waals surface area contributed by atoms with Crippen LogP contribution in [-0.4, -0.2) is 11.8 Å². The lowest BCUT2D eigenvalue weighted by molar-refractivity contribution is -0.120. The van der Waals surface area contributed by atoms with Crippen molar-refractivity contribution in [1.82, 2.24) is 0 Å². The van der Waals surface area contributed by atoms with Crippen molar-refractivity contribution in [3.8, 4) is 0 Å². The van der Waals surface area contributed by atoms with Crippen LogP contribution in [0.1, 0.15) is 11.1 Å². The number of benzene rings is 3. The van der Waals surface area contributed by atoms with Gasteiger partial charge in [-0.1, -0.05) is 70.5 Å². The Morgan fingerprint density at radius 3 is 2.25 bits per heavy atom. The van der Waals surface area contributed by atoms with Crippen molar-refractivity contribution in [2.24, 2.45) is 0 Å². The molecule has 0 atom stereocenters. The van der Waals surface area contributed by atoms with Gasteiger partial charge in [-0.25, -0.2) is 4.90 Å². The maximum Gasteiger partial charge on any atom is 0.282 e. The Hall–Kier alpha value is -3.18. The lowest BCUT2D eigenvalue weighted by atomic mass is 10.0. The van der Waals surface area contributed by atoms with E-state index in [1.165, 1.54) is 4.90 Å². The molecule has 138 valence electrons. The minimum absolute atomic E-state index is 0.276. The van der Waals surface area contributed by atoms with Crippen molar-refractivity contribution in [3.63, 3.8) is 0 Å². The molecule has 0 aliphatic carbocycles. The summed E-state index contributed by atoms with van der Waals surface area (Å²) in [5.41, 5.74) is 3.53. The predicted molar refractivity (Wildman–Crippen MR) is 115 cm³/mol. The van der Waals surface area contributed by atoms with Crippen LogP contribution in [0.2, 0.25) is 0 Å². The third kappa shape index (κ3) is 3.25. The zero-order valence-corrected chi connectivity index (χ0v) is 16.7. The summed E-state index contributed by atoms with van der Waals surface area (Å²) in [7, 11) is 0. The Bertz CT molecular complexity index is 1110. The number of anilines is 2. The van der Waals surface area contributed by atoms with Crippen LogP contribution in [0, 0.1) is 6.92 Å². The molecule has 0 unspecified atom stereocenters. The molecule has 0 aromatic heterocycles. The van der Waals surface area contributed by atoms with E-state index in [2.05, 4.69) is 21.2 Å². The smallest absolute Gasteiger partial charge is 0.282 e. The largest absolute Gasteiger partial charge is 0.350 e. The molecule has 28 heavy (non-hydrogen) atoms. The lowest BCUT2D eigenvalue weighted by Gasteiger charge is -2.17. The zero-order chi connectivity index (χ0) is 19.7. The minimum atomic E-state index is -0.363. The summed E-state index contributed by atoms with van der Waals surface area (Å²) in [6.45, 7) is 1.89. The quantitative estimate of drug-likeness (QED) is 0.579. The second-order valence-corrected chi connectivity index (χ2v) is 7.40. The van der Waals surface area contributed by atoms with Gasteiger partial charge in [0, 0.05) is 10.2 Å². The summed E-state index contributed by atoms with van der Waals surface area (Å²) in [5.74, 6) is -0.693. The standard InChI is InChI=1S/C23H17BrN2O2/c1-15-8-5-6-13-19(15)26-22(27)20(16-9-3-2-4-10-16)21(23(26)28)25-18-12-7-11-17(24)14-18/h2-14,25H,1H3. The number of carbonyl (C=O) groups is 2. The van der Waals surface area contributed by atoms with Crippen LogP contribution in [0.4, 0.5) is 11.4 Å². The van der Waals surface area contributed by atoms with Crippen molar-refractivity contribution in [2.75, 3.05) is 10.2 Å². The molecule has 4 nitrogen and oxygen atoms in total. The fourth-order valence-corrected chi connectivity index (χ4v) is 3.66. The van der Waals surface area contributed by atoms with Crippen LogP contribution in [0.25, 0.3) is 5.57 Å². The summed E-state index contributed by atoms with van der Waals surface area (Å²) in [6.07, 6.45) is 0. The fourth-order valence-electron chi connectivity index (χ4n) is 3.26. The average Bonchev–Trinajstić information content (AvgIpc) is 2.93. The number of nitrogens with zero attached hydrogens (tertiary/aromatic N) is 1. The maximum atomic E-state index is 13.3. The number of para-hydroxylation sites is 1. The van der Waals surface area contributed by atoms with Gasteiger partial charge >= 0.3 is 0 Å². The molecule has 0 spiro atoms. The van der Waals surface area contributed by atoms with Crippen LogP contribution < -0.4 is 10.2 Å². The molecule has 1 N–H and O–H groups in total. The van der Waals surface area contributed by atoms with E-state index in [1.807, 2.05) is 79.7 Å². The highest BCUT2D eigenvalue weighted by molar-refractivity contribution is 9.10. The molecule has 5 heteroatoms. The van der Waals surface area contributed by atoms with Gasteiger partial charge in [-0.15, -0.1) is 0 Å². The number of imide groups is 1. The minimum Gasteiger partial charge on any atom is -0.350 e. The number of aryl methyl sites for hydroxylation is 1. The molecule has 4 rings (SSSR count). The highest BCUT2D eigenvalue weighted by atomic mass is 79.9. The molecule has 0 radical (unpaired) electrons. The number of hydrogen-bond acceptors (Lipinski definition) is 3. The number of hydrogen-bond donors (Lipinski definition) is 1. The fraction of sp³-hybridized carbons (Fsp3) is 0.0435. The van der Waals surface area contributed by atoms with E-state index in [4.69, 9.17) is 0 Å². The molecule has 0 saturated heterocycles. The van der Waals surface area contributed by atoms with Crippen LogP contribution in [0.5, 0.6) is 0 Å². The molecule has 0 fully saturated rings. The second-order valence-electron chi connectivity index (χ2n) is 6.48. The van der Waals surface area contributed by atoms with Crippen molar-refractivity contribution in [1.29, 1.82) is 0 Å². The van der Waals surface area contributed by atoms with Crippen molar-refractivity contribution < 1.29 is 9.59 Å². The van der Waals surface area contributed by atoms with Gasteiger partial charge in [0.1, 0.15) is 5.70 Å². The van der Waals surface area contributed by atoms with Gasteiger partial charge < -0.3 is 5.32 Å². The van der Waals surface area contributed by atoms with Gasteiger partial charge in [0.05, 0.1) is 11.3 Å². The van der Waals surface area contributed by atoms with Crippen LogP contribution in [0.3, 0.4) is 0 Å². The SMILES string of the molecule is Cc1ccccc1N1C(=O)C(Nc2cccc(Br)c2)=C(c2ccccc2)C1=O. The van der Waals surface area contributed by atoms with Gasteiger partial charge in [-0.3, -0.25) is 9.59 Å². The van der Waals surface area contributed by atoms with E-state index in [1.54, 1.807) is 6.07 Å². The Morgan fingerprint density at radius 1 is 0.821 bits per heavy atom. The van der Waals surface area contributed by atoms with E-state index >= 15 is 0 Å². The predicted octanol–water partition coefficient (Wildman–Crippen LogP) is 5.15. The number of carbonyl (C=O) groups excluding carboxylic acids is 2. The number of amides is 2. The number of halogens is 1. The Morgan fingerprint density at radius 2 is 1.54 bits per heavy atom. The molecular formula is C23H17BrN2O2. The zero-order valence-electron chi connectivity index (χ0n) is 15.1. The summed E-state index contributed by atoms with van der Waals surface area (Å²) < 4.78 is 0.881. The van der Waals surface area contributed by atoms with Crippen molar-refractivity contribution >= 4 is 44.7 Å². The van der Waals surface area contributed by atoms with Crippen LogP contribution >= 0.6 is 15.9 Å². The Balaban J connectivity index is 1.84. The first-order valence-electron chi connectivity index (χ1n) is 8.83. The first-order valence-corrected chi connectivity index (χ1v) is 9.62. The highest BCUT2D eigenvalue weighted by Gasteiger charge is 2.40. The summed E-state index contributed by atoms with van der Waals surface area (Å²) in [6, 6.07) is 24.1. The number of nitrogens with one attached hydrogen (secondary N) is 1. The van der Waals surface area contributed by atoms with Gasteiger partial charge in [0.15, 0.2) is 0 Å². The van der Waals surface area contributed by atoms with Gasteiger partial charge in [0.2, 0.25) is 0 Å². The molecule has 1 aliphatic rings. The third-order valence-corrected chi connectivity index (χ3v) is 5.09. The summed E-state index contributed by atoms with van der Waals surface area (Å²) in [4.78, 5) is 27.9. The monoisotopic (exact) mass is 432 g/mol. The molecule has 3 aromatic rings.